The second-order valence-corrected chi connectivity index (χ2v) is 10.3. The molecule has 2 heterocycles. The summed E-state index contributed by atoms with van der Waals surface area (Å²) in [5.74, 6) is 0.397. The lowest BCUT2D eigenvalue weighted by atomic mass is 10.1. The van der Waals surface area contributed by atoms with Crippen LogP contribution in [0.15, 0.2) is 76.0 Å². The number of rotatable bonds is 5. The van der Waals surface area contributed by atoms with Crippen LogP contribution in [0.4, 0.5) is 5.69 Å². The van der Waals surface area contributed by atoms with Crippen LogP contribution in [-0.2, 0) is 11.3 Å². The third kappa shape index (κ3) is 4.22. The quantitative estimate of drug-likeness (QED) is 0.199. The van der Waals surface area contributed by atoms with E-state index in [1.165, 1.54) is 0 Å². The van der Waals surface area contributed by atoms with Gasteiger partial charge >= 0.3 is 0 Å². The SMILES string of the molecule is CCCN1C(=O)/C(=C\c2nc3ccc(I)cc3c(=O)n2Cc2ccccc2)c2cc(Br)ccc21. The Morgan fingerprint density at radius 1 is 1.03 bits per heavy atom. The standard InChI is InChI=1S/C27H21BrIN3O2/c1-2-12-31-24-11-8-18(28)13-20(24)21(26(31)33)15-25-30-23-10-9-19(29)14-22(23)27(34)32(25)16-17-6-4-3-5-7-17/h3-11,13-15H,2,12,16H2,1H3/b21-15-. The Balaban J connectivity index is 1.74. The van der Waals surface area contributed by atoms with Gasteiger partial charge in [0, 0.05) is 20.2 Å². The third-order valence-corrected chi connectivity index (χ3v) is 7.03. The first-order chi connectivity index (χ1) is 16.5. The highest BCUT2D eigenvalue weighted by atomic mass is 127. The van der Waals surface area contributed by atoms with E-state index in [1.54, 1.807) is 15.5 Å². The highest BCUT2D eigenvalue weighted by molar-refractivity contribution is 14.1. The number of hydrogen-bond acceptors (Lipinski definition) is 3. The number of benzene rings is 3. The van der Waals surface area contributed by atoms with Gasteiger partial charge in [-0.15, -0.1) is 0 Å². The monoisotopic (exact) mass is 625 g/mol. The molecular weight excluding hydrogens is 605 g/mol. The summed E-state index contributed by atoms with van der Waals surface area (Å²) in [5.41, 5.74) is 3.76. The first-order valence-corrected chi connectivity index (χ1v) is 12.9. The number of carbonyl (C=O) groups excluding carboxylic acids is 1. The number of aromatic nitrogens is 2. The average molecular weight is 626 g/mol. The molecule has 0 aliphatic carbocycles. The van der Waals surface area contributed by atoms with Crippen molar-refractivity contribution in [3.63, 3.8) is 0 Å². The number of amides is 1. The zero-order valence-corrected chi connectivity index (χ0v) is 22.2. The van der Waals surface area contributed by atoms with Gasteiger partial charge in [-0.3, -0.25) is 14.2 Å². The van der Waals surface area contributed by atoms with Crippen molar-refractivity contribution in [2.24, 2.45) is 0 Å². The molecule has 1 aliphatic rings. The lowest BCUT2D eigenvalue weighted by Crippen LogP contribution is -2.27. The number of anilines is 1. The second kappa shape index (κ2) is 9.46. The van der Waals surface area contributed by atoms with E-state index in [-0.39, 0.29) is 11.5 Å². The summed E-state index contributed by atoms with van der Waals surface area (Å²) in [4.78, 5) is 33.7. The molecule has 0 bridgehead atoms. The molecule has 0 radical (unpaired) electrons. The zero-order chi connectivity index (χ0) is 23.8. The summed E-state index contributed by atoms with van der Waals surface area (Å²) in [5, 5.41) is 0.568. The van der Waals surface area contributed by atoms with Crippen LogP contribution in [0.1, 0.15) is 30.3 Å². The molecule has 0 fully saturated rings. The average Bonchev–Trinajstić information content (AvgIpc) is 3.08. The maximum Gasteiger partial charge on any atom is 0.261 e. The van der Waals surface area contributed by atoms with Gasteiger partial charge in [0.25, 0.3) is 11.5 Å². The van der Waals surface area contributed by atoms with Gasteiger partial charge in [-0.1, -0.05) is 53.2 Å². The highest BCUT2D eigenvalue weighted by Crippen LogP contribution is 2.39. The van der Waals surface area contributed by atoms with Gasteiger partial charge < -0.3 is 4.90 Å². The lowest BCUT2D eigenvalue weighted by Gasteiger charge is -2.15. The molecule has 1 aliphatic heterocycles. The molecule has 0 unspecified atom stereocenters. The van der Waals surface area contributed by atoms with Crippen LogP contribution in [-0.4, -0.2) is 22.0 Å². The van der Waals surface area contributed by atoms with E-state index in [0.29, 0.717) is 35.4 Å². The Labute approximate surface area is 219 Å². The van der Waals surface area contributed by atoms with Gasteiger partial charge in [0.15, 0.2) is 0 Å². The van der Waals surface area contributed by atoms with Crippen LogP contribution in [0.3, 0.4) is 0 Å². The Morgan fingerprint density at radius 3 is 2.59 bits per heavy atom. The Morgan fingerprint density at radius 2 is 1.82 bits per heavy atom. The summed E-state index contributed by atoms with van der Waals surface area (Å²) in [7, 11) is 0. The molecule has 0 saturated carbocycles. The fraction of sp³-hybridized carbons (Fsp3) is 0.148. The van der Waals surface area contributed by atoms with Crippen molar-refractivity contribution in [2.75, 3.05) is 11.4 Å². The summed E-state index contributed by atoms with van der Waals surface area (Å²) in [6, 6.07) is 21.3. The van der Waals surface area contributed by atoms with Gasteiger partial charge in [0.2, 0.25) is 0 Å². The molecule has 170 valence electrons. The second-order valence-electron chi connectivity index (χ2n) is 8.18. The molecule has 5 nitrogen and oxygen atoms in total. The van der Waals surface area contributed by atoms with Crippen molar-refractivity contribution >= 4 is 72.7 Å². The molecule has 4 aromatic rings. The largest absolute Gasteiger partial charge is 0.308 e. The van der Waals surface area contributed by atoms with Crippen LogP contribution in [0.25, 0.3) is 22.6 Å². The summed E-state index contributed by atoms with van der Waals surface area (Å²) in [6.07, 6.45) is 2.62. The van der Waals surface area contributed by atoms with Gasteiger partial charge in [-0.05, 0) is 77.0 Å². The van der Waals surface area contributed by atoms with E-state index in [2.05, 4.69) is 45.4 Å². The van der Waals surface area contributed by atoms with Crippen LogP contribution < -0.4 is 10.5 Å². The fourth-order valence-corrected chi connectivity index (χ4v) is 5.14. The Bertz CT molecular complexity index is 1510. The molecular formula is C27H21BrIN3O2. The van der Waals surface area contributed by atoms with Crippen LogP contribution in [0, 0.1) is 3.57 Å². The highest BCUT2D eigenvalue weighted by Gasteiger charge is 2.32. The predicted octanol–water partition coefficient (Wildman–Crippen LogP) is 6.11. The maximum atomic E-state index is 13.6. The van der Waals surface area contributed by atoms with Crippen LogP contribution >= 0.6 is 38.5 Å². The number of carbonyl (C=O) groups is 1. The topological polar surface area (TPSA) is 55.2 Å². The van der Waals surface area contributed by atoms with Crippen molar-refractivity contribution in [2.45, 2.75) is 19.9 Å². The fourth-order valence-electron chi connectivity index (χ4n) is 4.28. The van der Waals surface area contributed by atoms with Gasteiger partial charge in [-0.25, -0.2) is 4.98 Å². The van der Waals surface area contributed by atoms with Crippen molar-refractivity contribution in [1.82, 2.24) is 9.55 Å². The molecule has 1 amide bonds. The van der Waals surface area contributed by atoms with Crippen molar-refractivity contribution in [3.05, 3.63) is 102 Å². The van der Waals surface area contributed by atoms with E-state index in [0.717, 1.165) is 31.3 Å². The summed E-state index contributed by atoms with van der Waals surface area (Å²) < 4.78 is 3.53. The van der Waals surface area contributed by atoms with Crippen LogP contribution in [0.5, 0.6) is 0 Å². The number of fused-ring (bicyclic) bond motifs is 2. The van der Waals surface area contributed by atoms with Gasteiger partial charge in [-0.2, -0.15) is 0 Å². The first kappa shape index (κ1) is 23.0. The smallest absolute Gasteiger partial charge is 0.261 e. The minimum Gasteiger partial charge on any atom is -0.308 e. The Kier molecular flexibility index (Phi) is 6.40. The number of nitrogens with zero attached hydrogens (tertiary/aromatic N) is 3. The minimum absolute atomic E-state index is 0.0711. The minimum atomic E-state index is -0.121. The first-order valence-electron chi connectivity index (χ1n) is 11.0. The predicted molar refractivity (Wildman–Crippen MR) is 149 cm³/mol. The maximum absolute atomic E-state index is 13.6. The normalized spacial score (nSPS) is 14.3. The molecule has 0 atom stereocenters. The number of halogens is 2. The van der Waals surface area contributed by atoms with Crippen molar-refractivity contribution in [3.8, 4) is 0 Å². The van der Waals surface area contributed by atoms with Crippen molar-refractivity contribution < 1.29 is 4.79 Å². The molecule has 3 aromatic carbocycles. The van der Waals surface area contributed by atoms with Gasteiger partial charge in [0.1, 0.15) is 5.82 Å². The molecule has 0 N–H and O–H groups in total. The molecule has 1 aromatic heterocycles. The van der Waals surface area contributed by atoms with E-state index >= 15 is 0 Å². The van der Waals surface area contributed by atoms with E-state index in [1.807, 2.05) is 66.7 Å². The molecule has 0 spiro atoms. The number of hydrogen-bond donors (Lipinski definition) is 0. The summed E-state index contributed by atoms with van der Waals surface area (Å²) in [6.45, 7) is 3.05. The van der Waals surface area contributed by atoms with Crippen LogP contribution in [0.2, 0.25) is 0 Å². The Hall–Kier alpha value is -2.78. The van der Waals surface area contributed by atoms with E-state index in [9.17, 15) is 9.59 Å². The molecule has 34 heavy (non-hydrogen) atoms. The zero-order valence-electron chi connectivity index (χ0n) is 18.5. The summed E-state index contributed by atoms with van der Waals surface area (Å²) >= 11 is 5.74. The third-order valence-electron chi connectivity index (χ3n) is 5.86. The molecule has 5 rings (SSSR count). The lowest BCUT2D eigenvalue weighted by molar-refractivity contribution is -0.113. The van der Waals surface area contributed by atoms with E-state index in [4.69, 9.17) is 4.98 Å². The molecule has 0 saturated heterocycles. The van der Waals surface area contributed by atoms with E-state index < -0.39 is 0 Å². The van der Waals surface area contributed by atoms with Gasteiger partial charge in [0.05, 0.1) is 28.7 Å². The molecule has 7 heteroatoms. The van der Waals surface area contributed by atoms with Crippen molar-refractivity contribution in [1.29, 1.82) is 0 Å².